The van der Waals surface area contributed by atoms with E-state index in [1.807, 2.05) is 0 Å². The lowest BCUT2D eigenvalue weighted by Gasteiger charge is -2.38. The molecule has 1 saturated carbocycles. The van der Waals surface area contributed by atoms with Gasteiger partial charge in [-0.05, 0) is 19.3 Å². The summed E-state index contributed by atoms with van der Waals surface area (Å²) in [5, 5.41) is 11.4. The van der Waals surface area contributed by atoms with Crippen molar-refractivity contribution in [2.75, 3.05) is 0 Å². The average Bonchev–Trinajstić information content (AvgIpc) is 1.95. The highest BCUT2D eigenvalue weighted by Crippen LogP contribution is 2.31. The Morgan fingerprint density at radius 2 is 2.08 bits per heavy atom. The van der Waals surface area contributed by atoms with E-state index in [1.54, 1.807) is 6.92 Å². The molecule has 1 amide bonds. The molecule has 12 heavy (non-hydrogen) atoms. The van der Waals surface area contributed by atoms with Crippen molar-refractivity contribution in [1.82, 2.24) is 5.32 Å². The average molecular weight is 171 g/mol. The van der Waals surface area contributed by atoms with Gasteiger partial charge in [0.2, 0.25) is 5.91 Å². The molecule has 1 rings (SSSR count). The van der Waals surface area contributed by atoms with Crippen LogP contribution in [0.25, 0.3) is 0 Å². The first-order chi connectivity index (χ1) is 5.60. The number of carboxylic acid groups (broad SMARTS) is 1. The summed E-state index contributed by atoms with van der Waals surface area (Å²) in [6.07, 6.45) is 2.35. The highest BCUT2D eigenvalue weighted by atomic mass is 16.4. The van der Waals surface area contributed by atoms with Crippen molar-refractivity contribution in [1.29, 1.82) is 0 Å². The Bertz CT molecular complexity index is 208. The summed E-state index contributed by atoms with van der Waals surface area (Å²) in [5.74, 6) is -1.09. The molecule has 0 spiro atoms. The highest BCUT2D eigenvalue weighted by Gasteiger charge is 2.45. The van der Waals surface area contributed by atoms with Gasteiger partial charge in [-0.2, -0.15) is 0 Å². The monoisotopic (exact) mass is 171 g/mol. The number of hydrogen-bond acceptors (Lipinski definition) is 2. The van der Waals surface area contributed by atoms with Gasteiger partial charge in [0.05, 0.1) is 0 Å². The van der Waals surface area contributed by atoms with Crippen molar-refractivity contribution in [3.8, 4) is 0 Å². The highest BCUT2D eigenvalue weighted by molar-refractivity contribution is 5.87. The second-order valence-corrected chi connectivity index (χ2v) is 3.14. The summed E-state index contributed by atoms with van der Waals surface area (Å²) in [4.78, 5) is 21.7. The van der Waals surface area contributed by atoms with E-state index in [9.17, 15) is 9.59 Å². The fraction of sp³-hybridized carbons (Fsp3) is 0.750. The maximum Gasteiger partial charge on any atom is 0.329 e. The molecule has 1 aliphatic carbocycles. The Labute approximate surface area is 71.0 Å². The van der Waals surface area contributed by atoms with Crippen LogP contribution in [0, 0.1) is 0 Å². The Morgan fingerprint density at radius 3 is 2.33 bits per heavy atom. The topological polar surface area (TPSA) is 66.4 Å². The van der Waals surface area contributed by atoms with Gasteiger partial charge in [-0.25, -0.2) is 4.79 Å². The Balaban J connectivity index is 2.56. The quantitative estimate of drug-likeness (QED) is 0.650. The fourth-order valence-electron chi connectivity index (χ4n) is 1.28. The molecule has 4 heteroatoms. The molecular formula is C8H13NO3. The minimum absolute atomic E-state index is 0.183. The molecule has 0 aliphatic heterocycles. The predicted octanol–water partition coefficient (Wildman–Crippen LogP) is 0.520. The van der Waals surface area contributed by atoms with Gasteiger partial charge in [-0.1, -0.05) is 6.92 Å². The Hall–Kier alpha value is -1.06. The third kappa shape index (κ3) is 1.42. The minimum atomic E-state index is -0.937. The van der Waals surface area contributed by atoms with Gasteiger partial charge in [0.15, 0.2) is 0 Å². The van der Waals surface area contributed by atoms with Gasteiger partial charge < -0.3 is 10.4 Å². The van der Waals surface area contributed by atoms with E-state index >= 15 is 0 Å². The smallest absolute Gasteiger partial charge is 0.329 e. The molecule has 1 fully saturated rings. The van der Waals surface area contributed by atoms with Crippen molar-refractivity contribution in [3.05, 3.63) is 0 Å². The van der Waals surface area contributed by atoms with E-state index in [-0.39, 0.29) is 5.91 Å². The number of rotatable bonds is 3. The number of nitrogens with one attached hydrogen (secondary N) is 1. The number of carbonyl (C=O) groups excluding carboxylic acids is 1. The molecule has 0 unspecified atom stereocenters. The van der Waals surface area contributed by atoms with Crippen LogP contribution in [0.1, 0.15) is 32.6 Å². The fourth-order valence-corrected chi connectivity index (χ4v) is 1.28. The van der Waals surface area contributed by atoms with E-state index in [1.165, 1.54) is 0 Å². The Morgan fingerprint density at radius 1 is 1.50 bits per heavy atom. The van der Waals surface area contributed by atoms with Crippen LogP contribution >= 0.6 is 0 Å². The number of aliphatic carboxylic acids is 1. The van der Waals surface area contributed by atoms with Crippen LogP contribution in [0.2, 0.25) is 0 Å². The van der Waals surface area contributed by atoms with E-state index in [0.717, 1.165) is 6.42 Å². The number of carbonyl (C=O) groups is 2. The molecule has 0 bridgehead atoms. The van der Waals surface area contributed by atoms with Crippen molar-refractivity contribution in [3.63, 3.8) is 0 Å². The van der Waals surface area contributed by atoms with E-state index in [0.29, 0.717) is 19.3 Å². The normalized spacial score (nSPS) is 19.4. The number of hydrogen-bond donors (Lipinski definition) is 2. The third-order valence-corrected chi connectivity index (χ3v) is 2.32. The molecule has 0 radical (unpaired) electrons. The van der Waals surface area contributed by atoms with Gasteiger partial charge in [-0.3, -0.25) is 4.79 Å². The van der Waals surface area contributed by atoms with Crippen molar-refractivity contribution < 1.29 is 14.7 Å². The predicted molar refractivity (Wildman–Crippen MR) is 42.7 cm³/mol. The number of carboxylic acids is 1. The molecule has 68 valence electrons. The molecule has 0 atom stereocenters. The third-order valence-electron chi connectivity index (χ3n) is 2.32. The SMILES string of the molecule is CCC(=O)NC1(C(=O)O)CCC1. The minimum Gasteiger partial charge on any atom is -0.480 e. The molecule has 1 aliphatic rings. The van der Waals surface area contributed by atoms with Gasteiger partial charge in [0.25, 0.3) is 0 Å². The van der Waals surface area contributed by atoms with Crippen LogP contribution in [0.15, 0.2) is 0 Å². The first kappa shape index (κ1) is 9.03. The second kappa shape index (κ2) is 3.13. The lowest BCUT2D eigenvalue weighted by Crippen LogP contribution is -2.58. The molecule has 0 aromatic rings. The van der Waals surface area contributed by atoms with Crippen LogP contribution in [-0.2, 0) is 9.59 Å². The van der Waals surface area contributed by atoms with Gasteiger partial charge in [0.1, 0.15) is 5.54 Å². The molecule has 0 saturated heterocycles. The van der Waals surface area contributed by atoms with E-state index < -0.39 is 11.5 Å². The van der Waals surface area contributed by atoms with Crippen molar-refractivity contribution in [2.45, 2.75) is 38.1 Å². The summed E-state index contributed by atoms with van der Waals surface area (Å²) in [6.45, 7) is 1.71. The van der Waals surface area contributed by atoms with Crippen LogP contribution in [-0.4, -0.2) is 22.5 Å². The Kier molecular flexibility index (Phi) is 2.35. The summed E-state index contributed by atoms with van der Waals surface area (Å²) in [7, 11) is 0. The van der Waals surface area contributed by atoms with Gasteiger partial charge in [0, 0.05) is 6.42 Å². The molecule has 0 heterocycles. The van der Waals surface area contributed by atoms with Crippen LogP contribution in [0.5, 0.6) is 0 Å². The lowest BCUT2D eigenvalue weighted by molar-refractivity contribution is -0.151. The molecule has 2 N–H and O–H groups in total. The van der Waals surface area contributed by atoms with E-state index in [4.69, 9.17) is 5.11 Å². The maximum atomic E-state index is 11.0. The lowest BCUT2D eigenvalue weighted by atomic mass is 9.76. The van der Waals surface area contributed by atoms with Crippen LogP contribution in [0.3, 0.4) is 0 Å². The molecule has 0 aromatic carbocycles. The van der Waals surface area contributed by atoms with Crippen molar-refractivity contribution in [2.24, 2.45) is 0 Å². The largest absolute Gasteiger partial charge is 0.480 e. The zero-order chi connectivity index (χ0) is 9.19. The summed E-state index contributed by atoms with van der Waals surface area (Å²) < 4.78 is 0. The molecule has 0 aromatic heterocycles. The second-order valence-electron chi connectivity index (χ2n) is 3.14. The zero-order valence-corrected chi connectivity index (χ0v) is 7.09. The zero-order valence-electron chi connectivity index (χ0n) is 7.09. The standard InChI is InChI=1S/C8H13NO3/c1-2-6(10)9-8(7(11)12)4-3-5-8/h2-5H2,1H3,(H,9,10)(H,11,12). The molecule has 4 nitrogen and oxygen atoms in total. The van der Waals surface area contributed by atoms with Gasteiger partial charge in [-0.15, -0.1) is 0 Å². The first-order valence-corrected chi connectivity index (χ1v) is 4.15. The molecular weight excluding hydrogens is 158 g/mol. The van der Waals surface area contributed by atoms with Gasteiger partial charge >= 0.3 is 5.97 Å². The van der Waals surface area contributed by atoms with Crippen molar-refractivity contribution >= 4 is 11.9 Å². The first-order valence-electron chi connectivity index (χ1n) is 4.15. The summed E-state index contributed by atoms with van der Waals surface area (Å²) in [6, 6.07) is 0. The maximum absolute atomic E-state index is 11.0. The van der Waals surface area contributed by atoms with Crippen LogP contribution in [0.4, 0.5) is 0 Å². The van der Waals surface area contributed by atoms with Crippen LogP contribution < -0.4 is 5.32 Å². The summed E-state index contributed by atoms with van der Waals surface area (Å²) in [5.41, 5.74) is -0.937. The van der Waals surface area contributed by atoms with E-state index in [2.05, 4.69) is 5.32 Å². The number of amides is 1. The summed E-state index contributed by atoms with van der Waals surface area (Å²) >= 11 is 0.